The first-order chi connectivity index (χ1) is 3.47. The van der Waals surface area contributed by atoms with Crippen molar-refractivity contribution < 1.29 is 4.74 Å². The molecule has 1 heterocycles. The molecule has 0 aromatic carbocycles. The van der Waals surface area contributed by atoms with Crippen LogP contribution >= 0.6 is 0 Å². The topological polar surface area (TPSA) is 12.5 Å². The lowest BCUT2D eigenvalue weighted by Crippen LogP contribution is -1.93. The first-order valence-corrected chi connectivity index (χ1v) is 2.79. The Balaban J connectivity index is 2.14. The van der Waals surface area contributed by atoms with E-state index >= 15 is 0 Å². The van der Waals surface area contributed by atoms with Gasteiger partial charge in [0.15, 0.2) is 0 Å². The van der Waals surface area contributed by atoms with Crippen molar-refractivity contribution in [2.45, 2.75) is 25.0 Å². The molecule has 0 bridgehead atoms. The zero-order valence-corrected chi connectivity index (χ0v) is 4.13. The van der Waals surface area contributed by atoms with Crippen molar-refractivity contribution in [1.82, 2.24) is 0 Å². The second kappa shape index (κ2) is 1.10. The predicted molar refractivity (Wildman–Crippen MR) is 27.0 cm³/mol. The van der Waals surface area contributed by atoms with E-state index in [0.29, 0.717) is 12.2 Å². The molecule has 2 aliphatic rings. The fourth-order valence-electron chi connectivity index (χ4n) is 1.05. The van der Waals surface area contributed by atoms with Crippen LogP contribution in [-0.4, -0.2) is 12.2 Å². The monoisotopic (exact) mass is 96.1 g/mol. The Labute approximate surface area is 43.0 Å². The number of hydrogen-bond acceptors (Lipinski definition) is 1. The molecule has 1 fully saturated rings. The summed E-state index contributed by atoms with van der Waals surface area (Å²) in [5.74, 6) is 0. The minimum absolute atomic E-state index is 0.522. The highest BCUT2D eigenvalue weighted by atomic mass is 16.6. The van der Waals surface area contributed by atoms with Crippen LogP contribution in [0.2, 0.25) is 0 Å². The largest absolute Gasteiger partial charge is 0.365 e. The number of hydrogen-bond donors (Lipinski definition) is 0. The molecule has 2 rings (SSSR count). The maximum Gasteiger partial charge on any atom is 0.102 e. The molecule has 1 aliphatic carbocycles. The Hall–Kier alpha value is -0.300. The van der Waals surface area contributed by atoms with Crippen LogP contribution in [0.4, 0.5) is 0 Å². The highest BCUT2D eigenvalue weighted by molar-refractivity contribution is 5.07. The molecule has 0 N–H and O–H groups in total. The van der Waals surface area contributed by atoms with E-state index < -0.39 is 0 Å². The number of epoxide rings is 1. The highest BCUT2D eigenvalue weighted by Crippen LogP contribution is 2.31. The molecule has 1 unspecified atom stereocenters. The normalized spacial score (nSPS) is 45.7. The summed E-state index contributed by atoms with van der Waals surface area (Å²) in [5, 5.41) is 0. The SMILES string of the molecule is C1=C[C@@H]2OC2CC1. The molecule has 0 saturated carbocycles. The Morgan fingerprint density at radius 3 is 3.14 bits per heavy atom. The van der Waals surface area contributed by atoms with Gasteiger partial charge in [-0.3, -0.25) is 0 Å². The van der Waals surface area contributed by atoms with Crippen molar-refractivity contribution in [2.75, 3.05) is 0 Å². The van der Waals surface area contributed by atoms with Gasteiger partial charge in [0.2, 0.25) is 0 Å². The number of allylic oxidation sites excluding steroid dienone is 1. The van der Waals surface area contributed by atoms with Gasteiger partial charge in [-0.25, -0.2) is 0 Å². The second-order valence-electron chi connectivity index (χ2n) is 2.14. The first kappa shape index (κ1) is 3.67. The van der Waals surface area contributed by atoms with Crippen LogP contribution in [0.5, 0.6) is 0 Å². The van der Waals surface area contributed by atoms with Gasteiger partial charge in [-0.05, 0) is 12.8 Å². The van der Waals surface area contributed by atoms with Crippen molar-refractivity contribution in [3.63, 3.8) is 0 Å². The average Bonchev–Trinajstić information content (AvgIpc) is 2.41. The fraction of sp³-hybridized carbons (Fsp3) is 0.667. The van der Waals surface area contributed by atoms with Crippen LogP contribution in [0.25, 0.3) is 0 Å². The molecular weight excluding hydrogens is 88.1 g/mol. The Bertz CT molecular complexity index is 107. The van der Waals surface area contributed by atoms with Gasteiger partial charge in [-0.1, -0.05) is 12.2 Å². The molecule has 0 radical (unpaired) electrons. The third-order valence-corrected chi connectivity index (χ3v) is 1.57. The molecule has 1 saturated heterocycles. The van der Waals surface area contributed by atoms with Gasteiger partial charge < -0.3 is 4.74 Å². The second-order valence-corrected chi connectivity index (χ2v) is 2.14. The molecule has 1 nitrogen and oxygen atoms in total. The van der Waals surface area contributed by atoms with Gasteiger partial charge in [-0.2, -0.15) is 0 Å². The van der Waals surface area contributed by atoms with Gasteiger partial charge in [-0.15, -0.1) is 0 Å². The standard InChI is InChI=1S/C6H8O/c1-2-4-6-5(3-1)7-6/h1,3,5-6H,2,4H2/t5-,6?/m0/s1. The summed E-state index contributed by atoms with van der Waals surface area (Å²) in [6.45, 7) is 0. The van der Waals surface area contributed by atoms with Crippen LogP contribution < -0.4 is 0 Å². The van der Waals surface area contributed by atoms with Crippen LogP contribution in [0, 0.1) is 0 Å². The molecule has 1 heteroatoms. The summed E-state index contributed by atoms with van der Waals surface area (Å²) in [6, 6.07) is 0. The quantitative estimate of drug-likeness (QED) is 0.325. The fourth-order valence-corrected chi connectivity index (χ4v) is 1.05. The van der Waals surface area contributed by atoms with Gasteiger partial charge in [0, 0.05) is 0 Å². The van der Waals surface area contributed by atoms with E-state index in [9.17, 15) is 0 Å². The summed E-state index contributed by atoms with van der Waals surface area (Å²) in [6.07, 6.45) is 7.98. The maximum atomic E-state index is 5.19. The van der Waals surface area contributed by atoms with Gasteiger partial charge in [0.1, 0.15) is 6.10 Å². The highest BCUT2D eigenvalue weighted by Gasteiger charge is 2.37. The summed E-state index contributed by atoms with van der Waals surface area (Å²) in [4.78, 5) is 0. The van der Waals surface area contributed by atoms with Crippen molar-refractivity contribution in [3.05, 3.63) is 12.2 Å². The lowest BCUT2D eigenvalue weighted by Gasteiger charge is -1.91. The Morgan fingerprint density at radius 1 is 1.57 bits per heavy atom. The summed E-state index contributed by atoms with van der Waals surface area (Å²) < 4.78 is 5.19. The molecule has 2 atom stereocenters. The number of fused-ring (bicyclic) bond motifs is 1. The van der Waals surface area contributed by atoms with Crippen molar-refractivity contribution in [1.29, 1.82) is 0 Å². The van der Waals surface area contributed by atoms with Crippen LogP contribution in [0.15, 0.2) is 12.2 Å². The maximum absolute atomic E-state index is 5.19. The number of ether oxygens (including phenoxy) is 1. The minimum Gasteiger partial charge on any atom is -0.365 e. The van der Waals surface area contributed by atoms with E-state index in [2.05, 4.69) is 12.2 Å². The molecule has 0 aromatic heterocycles. The van der Waals surface area contributed by atoms with E-state index in [1.807, 2.05) is 0 Å². The zero-order valence-electron chi connectivity index (χ0n) is 4.13. The average molecular weight is 96.1 g/mol. The Kier molecular flexibility index (Phi) is 0.577. The van der Waals surface area contributed by atoms with E-state index in [4.69, 9.17) is 4.74 Å². The minimum atomic E-state index is 0.522. The molecule has 0 aromatic rings. The molecular formula is C6H8O. The summed E-state index contributed by atoms with van der Waals surface area (Å²) in [7, 11) is 0. The van der Waals surface area contributed by atoms with Crippen LogP contribution in [-0.2, 0) is 4.74 Å². The third kappa shape index (κ3) is 0.484. The Morgan fingerprint density at radius 2 is 2.57 bits per heavy atom. The lowest BCUT2D eigenvalue weighted by molar-refractivity contribution is 0.385. The zero-order chi connectivity index (χ0) is 4.69. The van der Waals surface area contributed by atoms with Crippen molar-refractivity contribution >= 4 is 0 Å². The predicted octanol–water partition coefficient (Wildman–Crippen LogP) is 1.10. The van der Waals surface area contributed by atoms with E-state index in [1.165, 1.54) is 12.8 Å². The molecule has 38 valence electrons. The van der Waals surface area contributed by atoms with Gasteiger partial charge in [0.25, 0.3) is 0 Å². The van der Waals surface area contributed by atoms with E-state index in [1.54, 1.807) is 0 Å². The smallest absolute Gasteiger partial charge is 0.102 e. The van der Waals surface area contributed by atoms with E-state index in [-0.39, 0.29) is 0 Å². The third-order valence-electron chi connectivity index (χ3n) is 1.57. The van der Waals surface area contributed by atoms with Gasteiger partial charge in [0.05, 0.1) is 6.10 Å². The van der Waals surface area contributed by atoms with Gasteiger partial charge >= 0.3 is 0 Å². The van der Waals surface area contributed by atoms with Crippen LogP contribution in [0.1, 0.15) is 12.8 Å². The molecule has 1 aliphatic heterocycles. The first-order valence-electron chi connectivity index (χ1n) is 2.79. The number of rotatable bonds is 0. The van der Waals surface area contributed by atoms with Crippen molar-refractivity contribution in [2.24, 2.45) is 0 Å². The van der Waals surface area contributed by atoms with Crippen LogP contribution in [0.3, 0.4) is 0 Å². The lowest BCUT2D eigenvalue weighted by atomic mass is 10.1. The van der Waals surface area contributed by atoms with E-state index in [0.717, 1.165) is 0 Å². The molecule has 7 heavy (non-hydrogen) atoms. The summed E-state index contributed by atoms with van der Waals surface area (Å²) >= 11 is 0. The molecule has 0 amide bonds. The summed E-state index contributed by atoms with van der Waals surface area (Å²) in [5.41, 5.74) is 0. The van der Waals surface area contributed by atoms with Crippen molar-refractivity contribution in [3.8, 4) is 0 Å². The molecule has 0 spiro atoms.